The minimum atomic E-state index is -0.534. The molecule has 2 heterocycles. The van der Waals surface area contributed by atoms with Crippen LogP contribution in [0.15, 0.2) is 42.5 Å². The molecule has 1 aromatic heterocycles. The van der Waals surface area contributed by atoms with E-state index in [1.54, 1.807) is 0 Å². The third-order valence-electron chi connectivity index (χ3n) is 5.50. The standard InChI is InChI=1S/C21H20N2O3S/c24-19(23-20-22-15-5-1-2-6-18(15)27-20)21(9-3-4-10-21)14-7-8-16-17(13-14)26-12-11-25-16/h1-2,5-8,13H,3-4,9-12H2,(H,22,23,24). The molecule has 0 spiro atoms. The Morgan fingerprint density at radius 3 is 2.63 bits per heavy atom. The zero-order valence-corrected chi connectivity index (χ0v) is 15.7. The Labute approximate surface area is 161 Å². The number of rotatable bonds is 3. The van der Waals surface area contributed by atoms with E-state index in [9.17, 15) is 4.79 Å². The molecule has 5 rings (SSSR count). The van der Waals surface area contributed by atoms with E-state index >= 15 is 0 Å². The van der Waals surface area contributed by atoms with E-state index in [0.717, 1.165) is 53.0 Å². The normalized spacial score (nSPS) is 17.8. The van der Waals surface area contributed by atoms with Crippen LogP contribution in [0.1, 0.15) is 31.2 Å². The second kappa shape index (κ2) is 6.53. The van der Waals surface area contributed by atoms with Crippen molar-refractivity contribution in [2.24, 2.45) is 0 Å². The van der Waals surface area contributed by atoms with Gasteiger partial charge in [0.25, 0.3) is 0 Å². The lowest BCUT2D eigenvalue weighted by atomic mass is 9.78. The molecule has 2 aliphatic rings. The molecule has 0 unspecified atom stereocenters. The Kier molecular flexibility index (Phi) is 4.01. The van der Waals surface area contributed by atoms with Gasteiger partial charge in [0.15, 0.2) is 16.6 Å². The van der Waals surface area contributed by atoms with Gasteiger partial charge < -0.3 is 14.8 Å². The van der Waals surface area contributed by atoms with Gasteiger partial charge in [0.2, 0.25) is 5.91 Å². The highest BCUT2D eigenvalue weighted by molar-refractivity contribution is 7.22. The summed E-state index contributed by atoms with van der Waals surface area (Å²) in [4.78, 5) is 17.9. The summed E-state index contributed by atoms with van der Waals surface area (Å²) in [6.07, 6.45) is 3.76. The first-order valence-electron chi connectivity index (χ1n) is 9.32. The van der Waals surface area contributed by atoms with Gasteiger partial charge in [0.1, 0.15) is 13.2 Å². The van der Waals surface area contributed by atoms with Crippen LogP contribution in [0, 0.1) is 0 Å². The van der Waals surface area contributed by atoms with E-state index in [-0.39, 0.29) is 5.91 Å². The van der Waals surface area contributed by atoms with Crippen LogP contribution in [-0.4, -0.2) is 24.1 Å². The molecule has 27 heavy (non-hydrogen) atoms. The van der Waals surface area contributed by atoms with E-state index in [2.05, 4.69) is 10.3 Å². The molecule has 1 aliphatic heterocycles. The number of aromatic nitrogens is 1. The summed E-state index contributed by atoms with van der Waals surface area (Å²) in [6, 6.07) is 13.9. The second-order valence-electron chi connectivity index (χ2n) is 7.09. The minimum absolute atomic E-state index is 0.0238. The Balaban J connectivity index is 1.48. The summed E-state index contributed by atoms with van der Waals surface area (Å²) in [5.74, 6) is 1.51. The molecule has 0 saturated heterocycles. The summed E-state index contributed by atoms with van der Waals surface area (Å²) in [7, 11) is 0. The van der Waals surface area contributed by atoms with Crippen molar-refractivity contribution in [2.75, 3.05) is 18.5 Å². The molecule has 1 aliphatic carbocycles. The molecular formula is C21H20N2O3S. The number of carbonyl (C=O) groups is 1. The fourth-order valence-electron chi connectivity index (χ4n) is 4.11. The van der Waals surface area contributed by atoms with Crippen LogP contribution < -0.4 is 14.8 Å². The van der Waals surface area contributed by atoms with Gasteiger partial charge >= 0.3 is 0 Å². The predicted octanol–water partition coefficient (Wildman–Crippen LogP) is 4.52. The van der Waals surface area contributed by atoms with Crippen LogP contribution in [0.5, 0.6) is 11.5 Å². The van der Waals surface area contributed by atoms with Crippen LogP contribution in [0.4, 0.5) is 5.13 Å². The highest BCUT2D eigenvalue weighted by atomic mass is 32.1. The average molecular weight is 380 g/mol. The minimum Gasteiger partial charge on any atom is -0.486 e. The van der Waals surface area contributed by atoms with Crippen LogP contribution >= 0.6 is 11.3 Å². The Bertz CT molecular complexity index is 975. The molecule has 1 amide bonds. The Hall–Kier alpha value is -2.60. The van der Waals surface area contributed by atoms with Crippen molar-refractivity contribution in [3.8, 4) is 11.5 Å². The summed E-state index contributed by atoms with van der Waals surface area (Å²) < 4.78 is 12.4. The molecule has 0 bridgehead atoms. The fourth-order valence-corrected chi connectivity index (χ4v) is 4.97. The molecular weight excluding hydrogens is 360 g/mol. The van der Waals surface area contributed by atoms with Gasteiger partial charge in [-0.3, -0.25) is 4.79 Å². The highest BCUT2D eigenvalue weighted by Gasteiger charge is 2.43. The van der Waals surface area contributed by atoms with Gasteiger partial charge in [-0.1, -0.05) is 42.4 Å². The van der Waals surface area contributed by atoms with Crippen molar-refractivity contribution < 1.29 is 14.3 Å². The Morgan fingerprint density at radius 2 is 1.81 bits per heavy atom. The molecule has 5 nitrogen and oxygen atoms in total. The van der Waals surface area contributed by atoms with E-state index in [1.165, 1.54) is 11.3 Å². The third-order valence-corrected chi connectivity index (χ3v) is 6.45. The van der Waals surface area contributed by atoms with Gasteiger partial charge in [-0.15, -0.1) is 0 Å². The number of ether oxygens (including phenoxy) is 2. The third kappa shape index (κ3) is 2.84. The molecule has 6 heteroatoms. The lowest BCUT2D eigenvalue weighted by Crippen LogP contribution is -2.38. The smallest absolute Gasteiger partial charge is 0.236 e. The van der Waals surface area contributed by atoms with Gasteiger partial charge in [-0.25, -0.2) is 4.98 Å². The van der Waals surface area contributed by atoms with Gasteiger partial charge in [0.05, 0.1) is 15.6 Å². The second-order valence-corrected chi connectivity index (χ2v) is 8.12. The number of benzene rings is 2. The number of nitrogens with one attached hydrogen (secondary N) is 1. The van der Waals surface area contributed by atoms with Crippen LogP contribution in [0.3, 0.4) is 0 Å². The van der Waals surface area contributed by atoms with Gasteiger partial charge in [-0.2, -0.15) is 0 Å². The van der Waals surface area contributed by atoms with Gasteiger partial charge in [0, 0.05) is 0 Å². The molecule has 138 valence electrons. The van der Waals surface area contributed by atoms with Crippen LogP contribution in [-0.2, 0) is 10.2 Å². The zero-order chi connectivity index (χ0) is 18.3. The summed E-state index contributed by atoms with van der Waals surface area (Å²) in [6.45, 7) is 1.11. The first kappa shape index (κ1) is 16.6. The van der Waals surface area contributed by atoms with Crippen molar-refractivity contribution in [1.29, 1.82) is 0 Å². The number of para-hydroxylation sites is 1. The molecule has 3 aromatic rings. The number of hydrogen-bond acceptors (Lipinski definition) is 5. The SMILES string of the molecule is O=C(Nc1nc2ccccc2s1)C1(c2ccc3c(c2)OCCO3)CCCC1. The van der Waals surface area contributed by atoms with Crippen LogP contribution in [0.25, 0.3) is 10.2 Å². The fraction of sp³-hybridized carbons (Fsp3) is 0.333. The first-order chi connectivity index (χ1) is 13.2. The van der Waals surface area contributed by atoms with E-state index in [4.69, 9.17) is 9.47 Å². The van der Waals surface area contributed by atoms with Gasteiger partial charge in [-0.05, 0) is 42.7 Å². The quantitative estimate of drug-likeness (QED) is 0.726. The summed E-state index contributed by atoms with van der Waals surface area (Å²) >= 11 is 1.51. The van der Waals surface area contributed by atoms with E-state index in [1.807, 2.05) is 42.5 Å². The lowest BCUT2D eigenvalue weighted by Gasteiger charge is -2.29. The number of carbonyl (C=O) groups excluding carboxylic acids is 1. The number of thiazole rings is 1. The Morgan fingerprint density at radius 1 is 1.04 bits per heavy atom. The van der Waals surface area contributed by atoms with E-state index < -0.39 is 5.41 Å². The topological polar surface area (TPSA) is 60.5 Å². The van der Waals surface area contributed by atoms with Crippen molar-refractivity contribution in [1.82, 2.24) is 4.98 Å². The highest BCUT2D eigenvalue weighted by Crippen LogP contribution is 2.45. The summed E-state index contributed by atoms with van der Waals surface area (Å²) in [5, 5.41) is 3.75. The zero-order valence-electron chi connectivity index (χ0n) is 14.9. The van der Waals surface area contributed by atoms with Crippen LogP contribution in [0.2, 0.25) is 0 Å². The average Bonchev–Trinajstić information content (AvgIpc) is 3.35. The maximum atomic E-state index is 13.4. The molecule has 1 saturated carbocycles. The van der Waals surface area contributed by atoms with Crippen molar-refractivity contribution in [2.45, 2.75) is 31.1 Å². The number of nitrogens with zero attached hydrogens (tertiary/aromatic N) is 1. The van der Waals surface area contributed by atoms with Crippen molar-refractivity contribution >= 4 is 32.6 Å². The number of hydrogen-bond donors (Lipinski definition) is 1. The number of anilines is 1. The monoisotopic (exact) mass is 380 g/mol. The molecule has 1 fully saturated rings. The van der Waals surface area contributed by atoms with Crippen molar-refractivity contribution in [3.05, 3.63) is 48.0 Å². The maximum absolute atomic E-state index is 13.4. The molecule has 2 aromatic carbocycles. The molecule has 0 radical (unpaired) electrons. The molecule has 1 N–H and O–H groups in total. The maximum Gasteiger partial charge on any atom is 0.236 e. The van der Waals surface area contributed by atoms with Crippen molar-refractivity contribution in [3.63, 3.8) is 0 Å². The molecule has 0 atom stereocenters. The van der Waals surface area contributed by atoms with E-state index in [0.29, 0.717) is 18.3 Å². The predicted molar refractivity (Wildman–Crippen MR) is 106 cm³/mol. The lowest BCUT2D eigenvalue weighted by molar-refractivity contribution is -0.121. The number of fused-ring (bicyclic) bond motifs is 2. The number of amides is 1. The summed E-state index contributed by atoms with van der Waals surface area (Å²) in [5.41, 5.74) is 1.38. The first-order valence-corrected chi connectivity index (χ1v) is 10.1. The largest absolute Gasteiger partial charge is 0.486 e.